The molecule has 5 nitrogen and oxygen atoms in total. The molecule has 0 saturated heterocycles. The minimum Gasteiger partial charge on any atom is -0.384 e. The monoisotopic (exact) mass is 365 g/mol. The first-order valence-corrected chi connectivity index (χ1v) is 8.06. The average molecular weight is 366 g/mol. The lowest BCUT2D eigenvalue weighted by molar-refractivity contribution is -0.116. The topological polar surface area (TPSA) is 70.2 Å². The molecule has 0 saturated carbocycles. The number of anilines is 3. The fraction of sp³-hybridized carbons (Fsp3) is 0.176. The van der Waals surface area contributed by atoms with Crippen molar-refractivity contribution < 1.29 is 9.59 Å². The Labute approximate surface area is 150 Å². The van der Waals surface area contributed by atoms with Gasteiger partial charge in [-0.3, -0.25) is 9.59 Å². The van der Waals surface area contributed by atoms with Crippen molar-refractivity contribution in [3.63, 3.8) is 0 Å². The van der Waals surface area contributed by atoms with Gasteiger partial charge in [0.05, 0.1) is 10.7 Å². The van der Waals surface area contributed by atoms with E-state index in [1.165, 1.54) is 6.92 Å². The zero-order valence-corrected chi connectivity index (χ0v) is 14.5. The number of benzene rings is 2. The second kappa shape index (κ2) is 8.57. The van der Waals surface area contributed by atoms with Gasteiger partial charge in [0, 0.05) is 36.3 Å². The van der Waals surface area contributed by atoms with Gasteiger partial charge in [0.15, 0.2) is 0 Å². The molecule has 24 heavy (non-hydrogen) atoms. The standard InChI is InChI=1S/C17H17Cl2N3O2/c1-11(23)21-14-4-2-3-13(10-14)20-8-7-17(24)22-16-9-12(18)5-6-15(16)19/h2-6,9-10,20H,7-8H2,1H3,(H,21,23)(H,22,24). The molecule has 0 radical (unpaired) electrons. The maximum atomic E-state index is 12.0. The van der Waals surface area contributed by atoms with Gasteiger partial charge in [-0.25, -0.2) is 0 Å². The number of rotatable bonds is 6. The van der Waals surface area contributed by atoms with E-state index in [4.69, 9.17) is 23.2 Å². The van der Waals surface area contributed by atoms with Gasteiger partial charge in [0.2, 0.25) is 11.8 Å². The number of carbonyl (C=O) groups excluding carboxylic acids is 2. The Hall–Kier alpha value is -2.24. The molecular weight excluding hydrogens is 349 g/mol. The molecule has 0 aliphatic heterocycles. The van der Waals surface area contributed by atoms with Gasteiger partial charge in [-0.2, -0.15) is 0 Å². The summed E-state index contributed by atoms with van der Waals surface area (Å²) in [5.74, 6) is -0.311. The number of halogens is 2. The second-order valence-electron chi connectivity index (χ2n) is 5.11. The van der Waals surface area contributed by atoms with E-state index in [-0.39, 0.29) is 18.2 Å². The van der Waals surface area contributed by atoms with Crippen LogP contribution in [0.15, 0.2) is 42.5 Å². The lowest BCUT2D eigenvalue weighted by atomic mass is 10.2. The number of nitrogens with one attached hydrogen (secondary N) is 3. The Morgan fingerprint density at radius 2 is 1.75 bits per heavy atom. The summed E-state index contributed by atoms with van der Waals surface area (Å²) in [5, 5.41) is 9.49. The van der Waals surface area contributed by atoms with Gasteiger partial charge in [-0.05, 0) is 36.4 Å². The van der Waals surface area contributed by atoms with E-state index >= 15 is 0 Å². The highest BCUT2D eigenvalue weighted by atomic mass is 35.5. The predicted molar refractivity (Wildman–Crippen MR) is 98.9 cm³/mol. The molecule has 7 heteroatoms. The van der Waals surface area contributed by atoms with E-state index in [1.54, 1.807) is 30.3 Å². The van der Waals surface area contributed by atoms with Crippen LogP contribution in [-0.4, -0.2) is 18.4 Å². The number of amides is 2. The van der Waals surface area contributed by atoms with Crippen LogP contribution in [0.5, 0.6) is 0 Å². The van der Waals surface area contributed by atoms with E-state index in [2.05, 4.69) is 16.0 Å². The van der Waals surface area contributed by atoms with Crippen molar-refractivity contribution in [1.82, 2.24) is 0 Å². The Balaban J connectivity index is 1.84. The van der Waals surface area contributed by atoms with Gasteiger partial charge in [0.25, 0.3) is 0 Å². The molecule has 126 valence electrons. The summed E-state index contributed by atoms with van der Waals surface area (Å²) < 4.78 is 0. The van der Waals surface area contributed by atoms with Gasteiger partial charge < -0.3 is 16.0 Å². The molecule has 0 heterocycles. The SMILES string of the molecule is CC(=O)Nc1cccc(NCCC(=O)Nc2cc(Cl)ccc2Cl)c1. The molecule has 2 aromatic carbocycles. The van der Waals surface area contributed by atoms with Crippen molar-refractivity contribution in [2.45, 2.75) is 13.3 Å². The summed E-state index contributed by atoms with van der Waals surface area (Å²) in [5.41, 5.74) is 2.00. The van der Waals surface area contributed by atoms with Crippen molar-refractivity contribution in [2.75, 3.05) is 22.5 Å². The highest BCUT2D eigenvalue weighted by Gasteiger charge is 2.06. The summed E-state index contributed by atoms with van der Waals surface area (Å²) in [4.78, 5) is 23.0. The quantitative estimate of drug-likeness (QED) is 0.710. The van der Waals surface area contributed by atoms with Crippen molar-refractivity contribution in [3.05, 3.63) is 52.5 Å². The Bertz CT molecular complexity index is 750. The first-order chi connectivity index (χ1) is 11.4. The van der Waals surface area contributed by atoms with E-state index < -0.39 is 0 Å². The molecule has 0 unspecified atom stereocenters. The van der Waals surface area contributed by atoms with Gasteiger partial charge in [0.1, 0.15) is 0 Å². The van der Waals surface area contributed by atoms with E-state index in [1.807, 2.05) is 12.1 Å². The maximum absolute atomic E-state index is 12.0. The zero-order valence-electron chi connectivity index (χ0n) is 13.0. The van der Waals surface area contributed by atoms with Crippen molar-refractivity contribution in [3.8, 4) is 0 Å². The molecule has 2 aromatic rings. The van der Waals surface area contributed by atoms with E-state index in [9.17, 15) is 9.59 Å². The smallest absolute Gasteiger partial charge is 0.226 e. The molecule has 0 bridgehead atoms. The predicted octanol–water partition coefficient (Wildman–Crippen LogP) is 4.39. The Kier molecular flexibility index (Phi) is 6.46. The van der Waals surface area contributed by atoms with Crippen molar-refractivity contribution >= 4 is 52.1 Å². The maximum Gasteiger partial charge on any atom is 0.226 e. The molecule has 2 rings (SSSR count). The molecule has 2 amide bonds. The van der Waals surface area contributed by atoms with E-state index in [0.717, 1.165) is 5.69 Å². The molecule has 0 aromatic heterocycles. The largest absolute Gasteiger partial charge is 0.384 e. The molecule has 0 fully saturated rings. The molecule has 0 atom stereocenters. The van der Waals surface area contributed by atoms with E-state index in [0.29, 0.717) is 28.0 Å². The van der Waals surface area contributed by atoms with Gasteiger partial charge in [-0.15, -0.1) is 0 Å². The van der Waals surface area contributed by atoms with Gasteiger partial charge in [-0.1, -0.05) is 29.3 Å². The number of carbonyl (C=O) groups is 2. The van der Waals surface area contributed by atoms with Crippen molar-refractivity contribution in [2.24, 2.45) is 0 Å². The third-order valence-electron chi connectivity index (χ3n) is 3.07. The normalized spacial score (nSPS) is 10.1. The molecule has 3 N–H and O–H groups in total. The highest BCUT2D eigenvalue weighted by molar-refractivity contribution is 6.35. The van der Waals surface area contributed by atoms with Crippen LogP contribution in [-0.2, 0) is 9.59 Å². The Morgan fingerprint density at radius 1 is 1.00 bits per heavy atom. The third-order valence-corrected chi connectivity index (χ3v) is 3.63. The molecule has 0 aliphatic rings. The van der Waals surface area contributed by atoms with Crippen LogP contribution in [0.3, 0.4) is 0 Å². The number of hydrogen-bond acceptors (Lipinski definition) is 3. The fourth-order valence-electron chi connectivity index (χ4n) is 2.04. The first kappa shape index (κ1) is 18.1. The highest BCUT2D eigenvalue weighted by Crippen LogP contribution is 2.25. The third kappa shape index (κ3) is 5.76. The summed E-state index contributed by atoms with van der Waals surface area (Å²) in [7, 11) is 0. The van der Waals surface area contributed by atoms with Crippen LogP contribution in [0, 0.1) is 0 Å². The van der Waals surface area contributed by atoms with Crippen LogP contribution in [0.25, 0.3) is 0 Å². The summed E-state index contributed by atoms with van der Waals surface area (Å²) in [6.07, 6.45) is 0.257. The van der Waals surface area contributed by atoms with Crippen LogP contribution in [0.1, 0.15) is 13.3 Å². The lowest BCUT2D eigenvalue weighted by Crippen LogP contribution is -2.16. The number of hydrogen-bond donors (Lipinski definition) is 3. The minimum atomic E-state index is -0.176. The lowest BCUT2D eigenvalue weighted by Gasteiger charge is -2.10. The van der Waals surface area contributed by atoms with Crippen LogP contribution in [0.2, 0.25) is 10.0 Å². The molecule has 0 spiro atoms. The summed E-state index contributed by atoms with van der Waals surface area (Å²) in [6, 6.07) is 12.2. The molecule has 0 aliphatic carbocycles. The van der Waals surface area contributed by atoms with Gasteiger partial charge >= 0.3 is 0 Å². The first-order valence-electron chi connectivity index (χ1n) is 7.30. The average Bonchev–Trinajstić information content (AvgIpc) is 2.51. The second-order valence-corrected chi connectivity index (χ2v) is 5.95. The van der Waals surface area contributed by atoms with Crippen molar-refractivity contribution in [1.29, 1.82) is 0 Å². The summed E-state index contributed by atoms with van der Waals surface area (Å²) in [6.45, 7) is 1.89. The minimum absolute atomic E-state index is 0.134. The van der Waals surface area contributed by atoms with Crippen LogP contribution >= 0.6 is 23.2 Å². The molecular formula is C17H17Cl2N3O2. The fourth-order valence-corrected chi connectivity index (χ4v) is 2.37. The summed E-state index contributed by atoms with van der Waals surface area (Å²) >= 11 is 11.9. The Morgan fingerprint density at radius 3 is 2.50 bits per heavy atom. The van der Waals surface area contributed by atoms with Crippen LogP contribution < -0.4 is 16.0 Å². The zero-order chi connectivity index (χ0) is 17.5. The van der Waals surface area contributed by atoms with Crippen LogP contribution in [0.4, 0.5) is 17.1 Å².